The molecule has 27 heavy (non-hydrogen) atoms. The molecule has 0 aliphatic rings. The zero-order valence-corrected chi connectivity index (χ0v) is 16.1. The van der Waals surface area contributed by atoms with Crippen molar-refractivity contribution in [2.75, 3.05) is 13.2 Å². The molecular weight excluding hydrogens is 360 g/mol. The number of thiazole rings is 1. The van der Waals surface area contributed by atoms with Gasteiger partial charge in [0.15, 0.2) is 11.4 Å². The minimum atomic E-state index is -0.363. The summed E-state index contributed by atoms with van der Waals surface area (Å²) in [7, 11) is 0. The molecule has 1 amide bonds. The number of fused-ring (bicyclic) bond motifs is 1. The molecule has 1 aromatic heterocycles. The summed E-state index contributed by atoms with van der Waals surface area (Å²) < 4.78 is 13.8. The van der Waals surface area contributed by atoms with Crippen LogP contribution in [0.2, 0.25) is 0 Å². The molecule has 5 nitrogen and oxygen atoms in total. The molecule has 0 unspecified atom stereocenters. The Morgan fingerprint density at radius 3 is 2.56 bits per heavy atom. The van der Waals surface area contributed by atoms with E-state index in [4.69, 9.17) is 15.9 Å². The van der Waals surface area contributed by atoms with Crippen LogP contribution in [0.3, 0.4) is 0 Å². The van der Waals surface area contributed by atoms with Gasteiger partial charge in [-0.25, -0.2) is 0 Å². The lowest BCUT2D eigenvalue weighted by molar-refractivity contribution is -0.120. The number of benzene rings is 2. The molecule has 0 saturated heterocycles. The van der Waals surface area contributed by atoms with E-state index in [1.807, 2.05) is 30.5 Å². The number of aromatic nitrogens is 1. The first-order chi connectivity index (χ1) is 13.1. The van der Waals surface area contributed by atoms with Crippen molar-refractivity contribution in [2.24, 2.45) is 4.99 Å². The van der Waals surface area contributed by atoms with Crippen LogP contribution >= 0.6 is 11.3 Å². The van der Waals surface area contributed by atoms with Gasteiger partial charge in [-0.15, -0.1) is 6.42 Å². The second-order valence-electron chi connectivity index (χ2n) is 5.84. The Morgan fingerprint density at radius 2 is 1.89 bits per heavy atom. The van der Waals surface area contributed by atoms with Crippen LogP contribution in [0.5, 0.6) is 11.5 Å². The predicted octanol–water partition coefficient (Wildman–Crippen LogP) is 3.55. The molecule has 1 heterocycles. The van der Waals surface area contributed by atoms with Gasteiger partial charge in [-0.1, -0.05) is 23.3 Å². The van der Waals surface area contributed by atoms with Gasteiger partial charge in [0.05, 0.1) is 23.4 Å². The van der Waals surface area contributed by atoms with Crippen LogP contribution in [-0.2, 0) is 11.3 Å². The van der Waals surface area contributed by atoms with Crippen LogP contribution in [0.4, 0.5) is 0 Å². The number of aryl methyl sites for hydroxylation is 1. The summed E-state index contributed by atoms with van der Waals surface area (Å²) >= 11 is 1.44. The SMILES string of the molecule is C#CCn1c(=NC(=O)COc2ccc(OCC)cc2)sc2cc(C)ccc21. The quantitative estimate of drug-likeness (QED) is 0.615. The summed E-state index contributed by atoms with van der Waals surface area (Å²) in [6.45, 7) is 4.76. The fourth-order valence-electron chi connectivity index (χ4n) is 2.59. The van der Waals surface area contributed by atoms with Crippen molar-refractivity contribution in [3.63, 3.8) is 0 Å². The maximum atomic E-state index is 12.3. The number of ether oxygens (including phenoxy) is 2. The van der Waals surface area contributed by atoms with Gasteiger partial charge < -0.3 is 14.0 Å². The third-order valence-corrected chi connectivity index (χ3v) is 4.85. The van der Waals surface area contributed by atoms with E-state index in [1.165, 1.54) is 11.3 Å². The van der Waals surface area contributed by atoms with Crippen molar-refractivity contribution in [1.82, 2.24) is 4.57 Å². The van der Waals surface area contributed by atoms with Gasteiger partial charge in [-0.05, 0) is 55.8 Å². The number of nitrogens with zero attached hydrogens (tertiary/aromatic N) is 2. The molecule has 0 N–H and O–H groups in total. The Hall–Kier alpha value is -3.04. The fraction of sp³-hybridized carbons (Fsp3) is 0.238. The van der Waals surface area contributed by atoms with Crippen LogP contribution in [0.1, 0.15) is 12.5 Å². The van der Waals surface area contributed by atoms with Crippen LogP contribution in [-0.4, -0.2) is 23.7 Å². The lowest BCUT2D eigenvalue weighted by atomic mass is 10.2. The van der Waals surface area contributed by atoms with Gasteiger partial charge >= 0.3 is 0 Å². The highest BCUT2D eigenvalue weighted by atomic mass is 32.1. The minimum Gasteiger partial charge on any atom is -0.494 e. The Kier molecular flexibility index (Phi) is 5.94. The predicted molar refractivity (Wildman–Crippen MR) is 107 cm³/mol. The van der Waals surface area contributed by atoms with E-state index in [9.17, 15) is 4.79 Å². The molecule has 0 radical (unpaired) electrons. The van der Waals surface area contributed by atoms with Crippen LogP contribution < -0.4 is 14.3 Å². The number of carbonyl (C=O) groups excluding carboxylic acids is 1. The van der Waals surface area contributed by atoms with Gasteiger partial charge in [-0.2, -0.15) is 4.99 Å². The number of carbonyl (C=O) groups is 1. The van der Waals surface area contributed by atoms with Crippen molar-refractivity contribution in [3.05, 3.63) is 52.8 Å². The highest BCUT2D eigenvalue weighted by Gasteiger charge is 2.08. The molecule has 3 aromatic rings. The molecule has 0 spiro atoms. The van der Waals surface area contributed by atoms with Crippen molar-refractivity contribution in [1.29, 1.82) is 0 Å². The maximum Gasteiger partial charge on any atom is 0.286 e. The van der Waals surface area contributed by atoms with E-state index >= 15 is 0 Å². The Balaban J connectivity index is 1.78. The standard InChI is InChI=1S/C21H20N2O3S/c1-4-12-23-18-11-6-15(3)13-19(18)27-21(23)22-20(24)14-26-17-9-7-16(8-10-17)25-5-2/h1,6-11,13H,5,12,14H2,2-3H3. The lowest BCUT2D eigenvalue weighted by Gasteiger charge is -2.06. The van der Waals surface area contributed by atoms with Gasteiger partial charge in [0.1, 0.15) is 11.5 Å². The highest BCUT2D eigenvalue weighted by molar-refractivity contribution is 7.16. The van der Waals surface area contributed by atoms with E-state index in [0.717, 1.165) is 21.5 Å². The first-order valence-corrected chi connectivity index (χ1v) is 9.39. The van der Waals surface area contributed by atoms with Gasteiger partial charge in [0, 0.05) is 0 Å². The Labute approximate surface area is 161 Å². The number of hydrogen-bond acceptors (Lipinski definition) is 4. The Morgan fingerprint density at radius 1 is 1.19 bits per heavy atom. The zero-order valence-electron chi connectivity index (χ0n) is 15.3. The summed E-state index contributed by atoms with van der Waals surface area (Å²) in [4.78, 5) is 17.1. The largest absolute Gasteiger partial charge is 0.494 e. The van der Waals surface area contributed by atoms with E-state index in [1.54, 1.807) is 24.3 Å². The summed E-state index contributed by atoms with van der Waals surface area (Å²) in [6, 6.07) is 13.2. The molecule has 3 rings (SSSR count). The average molecular weight is 380 g/mol. The van der Waals surface area contributed by atoms with Gasteiger partial charge in [0.2, 0.25) is 0 Å². The molecule has 0 aliphatic heterocycles. The first-order valence-electron chi connectivity index (χ1n) is 8.57. The molecule has 0 saturated carbocycles. The Bertz CT molecular complexity index is 1060. The number of rotatable bonds is 6. The van der Waals surface area contributed by atoms with Gasteiger partial charge in [-0.3, -0.25) is 4.79 Å². The summed E-state index contributed by atoms with van der Waals surface area (Å²) in [5, 5.41) is 0. The van der Waals surface area contributed by atoms with Gasteiger partial charge in [0.25, 0.3) is 5.91 Å². The van der Waals surface area contributed by atoms with E-state index in [-0.39, 0.29) is 12.5 Å². The second-order valence-corrected chi connectivity index (χ2v) is 6.85. The topological polar surface area (TPSA) is 52.8 Å². The number of terminal acetylenes is 1. The van der Waals surface area contributed by atoms with Crippen molar-refractivity contribution in [2.45, 2.75) is 20.4 Å². The molecule has 6 heteroatoms. The molecule has 0 fully saturated rings. The summed E-state index contributed by atoms with van der Waals surface area (Å²) in [6.07, 6.45) is 5.48. The van der Waals surface area contributed by atoms with Crippen molar-refractivity contribution < 1.29 is 14.3 Å². The van der Waals surface area contributed by atoms with Crippen LogP contribution in [0.25, 0.3) is 10.2 Å². The molecule has 138 valence electrons. The van der Waals surface area contributed by atoms with Crippen LogP contribution in [0.15, 0.2) is 47.5 Å². The normalized spacial score (nSPS) is 11.4. The minimum absolute atomic E-state index is 0.142. The second kappa shape index (κ2) is 8.56. The molecule has 2 aromatic carbocycles. The molecule has 0 atom stereocenters. The number of amides is 1. The van der Waals surface area contributed by atoms with Crippen molar-refractivity contribution >= 4 is 27.5 Å². The van der Waals surface area contributed by atoms with E-state index in [0.29, 0.717) is 23.7 Å². The molecular formula is C21H20N2O3S. The first kappa shape index (κ1) is 18.7. The van der Waals surface area contributed by atoms with E-state index in [2.05, 4.69) is 17.0 Å². The average Bonchev–Trinajstić information content (AvgIpc) is 2.98. The zero-order chi connectivity index (χ0) is 19.2. The third kappa shape index (κ3) is 4.57. The third-order valence-electron chi connectivity index (χ3n) is 3.81. The fourth-order valence-corrected chi connectivity index (χ4v) is 3.74. The smallest absolute Gasteiger partial charge is 0.286 e. The highest BCUT2D eigenvalue weighted by Crippen LogP contribution is 2.19. The molecule has 0 aliphatic carbocycles. The lowest BCUT2D eigenvalue weighted by Crippen LogP contribution is -2.19. The summed E-state index contributed by atoms with van der Waals surface area (Å²) in [5.74, 6) is 3.61. The molecule has 0 bridgehead atoms. The van der Waals surface area contributed by atoms with E-state index < -0.39 is 0 Å². The van der Waals surface area contributed by atoms with Crippen molar-refractivity contribution in [3.8, 4) is 23.8 Å². The van der Waals surface area contributed by atoms with Crippen LogP contribution in [0, 0.1) is 19.3 Å². The monoisotopic (exact) mass is 380 g/mol. The summed E-state index contributed by atoms with van der Waals surface area (Å²) in [5.41, 5.74) is 2.12. The number of hydrogen-bond donors (Lipinski definition) is 0. The maximum absolute atomic E-state index is 12.3.